The van der Waals surface area contributed by atoms with E-state index < -0.39 is 0 Å². The highest BCUT2D eigenvalue weighted by molar-refractivity contribution is 6.01. The molecule has 0 unspecified atom stereocenters. The topological polar surface area (TPSA) is 50.9 Å². The predicted octanol–water partition coefficient (Wildman–Crippen LogP) is 2.13. The van der Waals surface area contributed by atoms with Crippen molar-refractivity contribution < 1.29 is 5.21 Å². The molecule has 1 N–H and O–H groups in total. The lowest BCUT2D eigenvalue weighted by Gasteiger charge is -1.99. The van der Waals surface area contributed by atoms with Crippen LogP contribution in [0.2, 0.25) is 0 Å². The summed E-state index contributed by atoms with van der Waals surface area (Å²) in [4.78, 5) is 8.49. The van der Waals surface area contributed by atoms with E-state index in [9.17, 15) is 5.21 Å². The highest BCUT2D eigenvalue weighted by atomic mass is 16.5. The molecule has 0 bridgehead atoms. The summed E-state index contributed by atoms with van der Waals surface area (Å²) in [6, 6.07) is 7.69. The second-order valence-corrected chi connectivity index (χ2v) is 3.48. The van der Waals surface area contributed by atoms with Gasteiger partial charge in [0.2, 0.25) is 0 Å². The Labute approximate surface area is 85.8 Å². The minimum absolute atomic E-state index is 0.572. The fourth-order valence-corrected chi connectivity index (χ4v) is 1.80. The third-order valence-corrected chi connectivity index (χ3v) is 2.53. The fourth-order valence-electron chi connectivity index (χ4n) is 1.80. The van der Waals surface area contributed by atoms with E-state index in [0.717, 1.165) is 21.2 Å². The largest absolute Gasteiger partial charge is 0.427 e. The number of para-hydroxylation sites is 1. The van der Waals surface area contributed by atoms with Gasteiger partial charge in [-0.05, 0) is 13.0 Å². The van der Waals surface area contributed by atoms with Crippen molar-refractivity contribution in [2.75, 3.05) is 0 Å². The molecule has 0 aliphatic rings. The molecule has 2 aromatic heterocycles. The molecule has 0 fully saturated rings. The Balaban J connectivity index is 2.63. The maximum Gasteiger partial charge on any atom is 0.142 e. The highest BCUT2D eigenvalue weighted by Crippen LogP contribution is 2.22. The fraction of sp³-hybridized carbons (Fsp3) is 0.0909. The van der Waals surface area contributed by atoms with Gasteiger partial charge in [0.05, 0.1) is 11.7 Å². The molecular weight excluding hydrogens is 190 g/mol. The van der Waals surface area contributed by atoms with Crippen molar-refractivity contribution >= 4 is 21.9 Å². The lowest BCUT2D eigenvalue weighted by atomic mass is 10.2. The van der Waals surface area contributed by atoms with Crippen LogP contribution in [0.3, 0.4) is 0 Å². The molecule has 0 saturated heterocycles. The van der Waals surface area contributed by atoms with Crippen molar-refractivity contribution in [2.24, 2.45) is 0 Å². The van der Waals surface area contributed by atoms with Gasteiger partial charge in [-0.1, -0.05) is 18.2 Å². The van der Waals surface area contributed by atoms with Gasteiger partial charge in [0.15, 0.2) is 0 Å². The van der Waals surface area contributed by atoms with Gasteiger partial charge >= 0.3 is 0 Å². The Kier molecular flexibility index (Phi) is 1.48. The van der Waals surface area contributed by atoms with Gasteiger partial charge in [0, 0.05) is 5.39 Å². The number of imidazole rings is 1. The summed E-state index contributed by atoms with van der Waals surface area (Å²) in [5, 5.41) is 10.7. The number of aromatic nitrogens is 3. The Morgan fingerprint density at radius 2 is 2.00 bits per heavy atom. The van der Waals surface area contributed by atoms with Gasteiger partial charge in [-0.15, -0.1) is 0 Å². The van der Waals surface area contributed by atoms with Crippen molar-refractivity contribution in [3.63, 3.8) is 0 Å². The first-order valence-corrected chi connectivity index (χ1v) is 4.69. The van der Waals surface area contributed by atoms with Crippen LogP contribution < -0.4 is 0 Å². The maximum absolute atomic E-state index is 9.82. The third-order valence-electron chi connectivity index (χ3n) is 2.53. The zero-order valence-corrected chi connectivity index (χ0v) is 8.18. The van der Waals surface area contributed by atoms with Gasteiger partial charge in [0.25, 0.3) is 0 Å². The molecule has 74 valence electrons. The van der Waals surface area contributed by atoms with E-state index in [1.54, 1.807) is 13.1 Å². The van der Waals surface area contributed by atoms with Crippen LogP contribution >= 0.6 is 0 Å². The second-order valence-electron chi connectivity index (χ2n) is 3.48. The SMILES string of the molecule is Cc1nc2cnc3ccccc3c2n1O. The number of nitrogens with zero attached hydrogens (tertiary/aromatic N) is 3. The van der Waals surface area contributed by atoms with Gasteiger partial charge in [0.1, 0.15) is 16.9 Å². The molecule has 0 spiro atoms. The van der Waals surface area contributed by atoms with Gasteiger partial charge in [-0.3, -0.25) is 4.98 Å². The molecule has 3 rings (SSSR count). The smallest absolute Gasteiger partial charge is 0.142 e. The van der Waals surface area contributed by atoms with Gasteiger partial charge < -0.3 is 5.21 Å². The minimum Gasteiger partial charge on any atom is -0.427 e. The normalized spacial score (nSPS) is 11.3. The van der Waals surface area contributed by atoms with E-state index in [1.165, 1.54) is 0 Å². The Morgan fingerprint density at radius 3 is 2.87 bits per heavy atom. The Morgan fingerprint density at radius 1 is 1.20 bits per heavy atom. The Bertz CT molecular complexity index is 657. The summed E-state index contributed by atoms with van der Waals surface area (Å²) in [5.74, 6) is 0.572. The van der Waals surface area contributed by atoms with Crippen LogP contribution in [0.5, 0.6) is 0 Å². The first-order chi connectivity index (χ1) is 7.27. The molecule has 3 aromatic rings. The zero-order valence-electron chi connectivity index (χ0n) is 8.18. The predicted molar refractivity (Wildman–Crippen MR) is 57.0 cm³/mol. The van der Waals surface area contributed by atoms with Crippen LogP contribution in [-0.2, 0) is 0 Å². The quantitative estimate of drug-likeness (QED) is 0.564. The number of benzene rings is 1. The molecule has 0 saturated carbocycles. The van der Waals surface area contributed by atoms with E-state index in [2.05, 4.69) is 9.97 Å². The molecule has 0 atom stereocenters. The number of pyridine rings is 1. The first kappa shape index (κ1) is 8.23. The van der Waals surface area contributed by atoms with Crippen LogP contribution in [0, 0.1) is 6.92 Å². The average Bonchev–Trinajstić information content (AvgIpc) is 2.55. The van der Waals surface area contributed by atoms with Crippen molar-refractivity contribution in [2.45, 2.75) is 6.92 Å². The highest BCUT2D eigenvalue weighted by Gasteiger charge is 2.09. The van der Waals surface area contributed by atoms with Crippen LogP contribution in [0.4, 0.5) is 0 Å². The minimum atomic E-state index is 0.572. The summed E-state index contributed by atoms with van der Waals surface area (Å²) in [6.45, 7) is 1.76. The number of rotatable bonds is 0. The summed E-state index contributed by atoms with van der Waals surface area (Å²) < 4.78 is 1.11. The van der Waals surface area contributed by atoms with E-state index in [0.29, 0.717) is 11.3 Å². The average molecular weight is 199 g/mol. The van der Waals surface area contributed by atoms with Gasteiger partial charge in [-0.25, -0.2) is 4.98 Å². The van der Waals surface area contributed by atoms with Crippen LogP contribution in [0.15, 0.2) is 30.5 Å². The lowest BCUT2D eigenvalue weighted by Crippen LogP contribution is -1.93. The molecule has 2 heterocycles. The van der Waals surface area contributed by atoms with E-state index in [-0.39, 0.29) is 0 Å². The van der Waals surface area contributed by atoms with E-state index in [1.807, 2.05) is 24.3 Å². The van der Waals surface area contributed by atoms with Crippen molar-refractivity contribution in [3.8, 4) is 0 Å². The van der Waals surface area contributed by atoms with Crippen molar-refractivity contribution in [1.29, 1.82) is 0 Å². The van der Waals surface area contributed by atoms with Crippen LogP contribution in [0.1, 0.15) is 5.82 Å². The standard InChI is InChI=1S/C11H9N3O/c1-7-13-10-6-12-9-5-3-2-4-8(9)11(10)14(7)15/h2-6,15H,1H3. The molecule has 0 radical (unpaired) electrons. The van der Waals surface area contributed by atoms with Crippen LogP contribution in [0.25, 0.3) is 21.9 Å². The third kappa shape index (κ3) is 1.01. The number of fused-ring (bicyclic) bond motifs is 3. The zero-order chi connectivity index (χ0) is 10.4. The lowest BCUT2D eigenvalue weighted by molar-refractivity contribution is 0.191. The number of hydrogen-bond acceptors (Lipinski definition) is 3. The summed E-state index contributed by atoms with van der Waals surface area (Å²) in [5.41, 5.74) is 2.30. The first-order valence-electron chi connectivity index (χ1n) is 4.69. The summed E-state index contributed by atoms with van der Waals surface area (Å²) >= 11 is 0. The molecule has 15 heavy (non-hydrogen) atoms. The second kappa shape index (κ2) is 2.70. The van der Waals surface area contributed by atoms with E-state index >= 15 is 0 Å². The van der Waals surface area contributed by atoms with E-state index in [4.69, 9.17) is 0 Å². The van der Waals surface area contributed by atoms with Crippen molar-refractivity contribution in [3.05, 3.63) is 36.3 Å². The van der Waals surface area contributed by atoms with Crippen molar-refractivity contribution in [1.82, 2.24) is 14.7 Å². The maximum atomic E-state index is 9.82. The molecule has 4 heteroatoms. The summed E-state index contributed by atoms with van der Waals surface area (Å²) in [6.07, 6.45) is 1.68. The molecule has 0 amide bonds. The van der Waals surface area contributed by atoms with Crippen LogP contribution in [-0.4, -0.2) is 19.9 Å². The monoisotopic (exact) mass is 199 g/mol. The number of hydrogen-bond donors (Lipinski definition) is 1. The molecule has 1 aromatic carbocycles. The molecule has 0 aliphatic carbocycles. The Hall–Kier alpha value is -2.10. The molecule has 4 nitrogen and oxygen atoms in total. The molecular formula is C11H9N3O. The summed E-state index contributed by atoms with van der Waals surface area (Å²) in [7, 11) is 0. The van der Waals surface area contributed by atoms with Gasteiger partial charge in [-0.2, -0.15) is 4.73 Å². The molecule has 0 aliphatic heterocycles. The number of aryl methyl sites for hydroxylation is 1.